The molecule has 0 aliphatic rings. The average Bonchev–Trinajstić information content (AvgIpc) is 2.77. The zero-order valence-electron chi connectivity index (χ0n) is 10.6. The summed E-state index contributed by atoms with van der Waals surface area (Å²) in [4.78, 5) is 8.26. The fraction of sp³-hybridized carbons (Fsp3) is 0.545. The van der Waals surface area contributed by atoms with Crippen LogP contribution in [0.25, 0.3) is 11.0 Å². The van der Waals surface area contributed by atoms with E-state index in [-0.39, 0.29) is 18.1 Å². The number of nitrogens with one attached hydrogen (secondary N) is 2. The molecule has 0 bridgehead atoms. The van der Waals surface area contributed by atoms with E-state index < -0.39 is 0 Å². The lowest BCUT2D eigenvalue weighted by molar-refractivity contribution is 0.252. The van der Waals surface area contributed by atoms with Crippen molar-refractivity contribution in [2.45, 2.75) is 32.2 Å². The van der Waals surface area contributed by atoms with Crippen molar-refractivity contribution in [3.8, 4) is 0 Å². The summed E-state index contributed by atoms with van der Waals surface area (Å²) in [6, 6.07) is 0. The number of aromatic nitrogens is 4. The van der Waals surface area contributed by atoms with E-state index in [1.165, 1.54) is 0 Å². The van der Waals surface area contributed by atoms with Gasteiger partial charge in [0.1, 0.15) is 5.82 Å². The van der Waals surface area contributed by atoms with Gasteiger partial charge in [-0.15, -0.1) is 0 Å². The molecular weight excluding hydrogens is 232 g/mol. The lowest BCUT2D eigenvalue weighted by Gasteiger charge is -2.29. The Bertz CT molecular complexity index is 539. The highest BCUT2D eigenvalue weighted by molar-refractivity contribution is 5.87. The van der Waals surface area contributed by atoms with Gasteiger partial charge in [0.2, 0.25) is 5.95 Å². The van der Waals surface area contributed by atoms with Crippen LogP contribution in [0.5, 0.6) is 0 Å². The molecule has 2 aromatic rings. The van der Waals surface area contributed by atoms with Crippen LogP contribution in [0, 0.1) is 0 Å². The Morgan fingerprint density at radius 3 is 2.94 bits per heavy atom. The van der Waals surface area contributed by atoms with Crippen LogP contribution in [0.3, 0.4) is 0 Å². The number of hydrogen-bond acceptors (Lipinski definition) is 6. The minimum atomic E-state index is -0.236. The van der Waals surface area contributed by atoms with Gasteiger partial charge >= 0.3 is 0 Å². The standard InChI is InChI=1S/C11H18N6O/c1-3-11(2,4-5-18)16-8-7-6-13-17-9(7)15-10(12)14-8/h6,18H,3-5H2,1-2H3,(H4,12,13,14,15,16,17). The van der Waals surface area contributed by atoms with Crippen LogP contribution in [-0.2, 0) is 0 Å². The normalized spacial score (nSPS) is 14.6. The van der Waals surface area contributed by atoms with E-state index in [2.05, 4.69) is 32.4 Å². The van der Waals surface area contributed by atoms with Gasteiger partial charge in [-0.3, -0.25) is 5.10 Å². The Morgan fingerprint density at radius 2 is 2.28 bits per heavy atom. The van der Waals surface area contributed by atoms with E-state index in [0.717, 1.165) is 11.8 Å². The highest BCUT2D eigenvalue weighted by Gasteiger charge is 2.23. The molecule has 7 heteroatoms. The first-order chi connectivity index (χ1) is 8.58. The maximum absolute atomic E-state index is 9.12. The highest BCUT2D eigenvalue weighted by Crippen LogP contribution is 2.25. The molecular formula is C11H18N6O. The van der Waals surface area contributed by atoms with Gasteiger partial charge in [-0.1, -0.05) is 6.92 Å². The first-order valence-corrected chi connectivity index (χ1v) is 5.93. The van der Waals surface area contributed by atoms with E-state index in [1.54, 1.807) is 6.20 Å². The second kappa shape index (κ2) is 4.77. The van der Waals surface area contributed by atoms with Crippen molar-refractivity contribution in [3.63, 3.8) is 0 Å². The zero-order chi connectivity index (χ0) is 13.2. The first kappa shape index (κ1) is 12.6. The second-order valence-corrected chi connectivity index (χ2v) is 4.58. The Hall–Kier alpha value is -1.89. The number of rotatable bonds is 5. The quantitative estimate of drug-likeness (QED) is 0.627. The van der Waals surface area contributed by atoms with Gasteiger partial charge in [-0.2, -0.15) is 15.1 Å². The van der Waals surface area contributed by atoms with Gasteiger partial charge in [-0.05, 0) is 19.8 Å². The number of nitrogens with zero attached hydrogens (tertiary/aromatic N) is 3. The van der Waals surface area contributed by atoms with E-state index in [1.807, 2.05) is 6.92 Å². The van der Waals surface area contributed by atoms with Crippen LogP contribution in [0.2, 0.25) is 0 Å². The molecule has 1 unspecified atom stereocenters. The third-order valence-electron chi connectivity index (χ3n) is 3.19. The molecule has 0 aromatic carbocycles. The Kier molecular flexibility index (Phi) is 3.33. The minimum Gasteiger partial charge on any atom is -0.396 e. The second-order valence-electron chi connectivity index (χ2n) is 4.58. The predicted molar refractivity (Wildman–Crippen MR) is 70.1 cm³/mol. The van der Waals surface area contributed by atoms with Crippen molar-refractivity contribution >= 4 is 22.8 Å². The molecule has 2 heterocycles. The van der Waals surface area contributed by atoms with Crippen LogP contribution >= 0.6 is 0 Å². The van der Waals surface area contributed by atoms with Gasteiger partial charge in [0.15, 0.2) is 5.65 Å². The van der Waals surface area contributed by atoms with Gasteiger partial charge in [0, 0.05) is 12.1 Å². The van der Waals surface area contributed by atoms with Crippen molar-refractivity contribution in [1.29, 1.82) is 0 Å². The Balaban J connectivity index is 2.38. The van der Waals surface area contributed by atoms with E-state index >= 15 is 0 Å². The molecule has 18 heavy (non-hydrogen) atoms. The summed E-state index contributed by atoms with van der Waals surface area (Å²) >= 11 is 0. The van der Waals surface area contributed by atoms with Gasteiger partial charge in [0.05, 0.1) is 11.6 Å². The van der Waals surface area contributed by atoms with Crippen molar-refractivity contribution in [2.24, 2.45) is 0 Å². The highest BCUT2D eigenvalue weighted by atomic mass is 16.3. The first-order valence-electron chi connectivity index (χ1n) is 5.93. The van der Waals surface area contributed by atoms with E-state index in [0.29, 0.717) is 17.9 Å². The fourth-order valence-corrected chi connectivity index (χ4v) is 1.81. The SMILES string of the molecule is CCC(C)(CCO)Nc1nc(N)nc2[nH]ncc12. The molecule has 5 N–H and O–H groups in total. The fourth-order valence-electron chi connectivity index (χ4n) is 1.81. The molecule has 0 spiro atoms. The third kappa shape index (κ3) is 2.35. The van der Waals surface area contributed by atoms with Crippen LogP contribution in [0.15, 0.2) is 6.20 Å². The number of aromatic amines is 1. The summed E-state index contributed by atoms with van der Waals surface area (Å²) in [7, 11) is 0. The summed E-state index contributed by atoms with van der Waals surface area (Å²) in [5.74, 6) is 0.834. The summed E-state index contributed by atoms with van der Waals surface area (Å²) in [6.07, 6.45) is 3.15. The van der Waals surface area contributed by atoms with E-state index in [9.17, 15) is 0 Å². The Labute approximate surface area is 105 Å². The molecule has 1 atom stereocenters. The topological polar surface area (TPSA) is 113 Å². The van der Waals surface area contributed by atoms with Crippen molar-refractivity contribution in [2.75, 3.05) is 17.7 Å². The van der Waals surface area contributed by atoms with E-state index in [4.69, 9.17) is 10.8 Å². The van der Waals surface area contributed by atoms with Crippen LogP contribution < -0.4 is 11.1 Å². The number of anilines is 2. The number of fused-ring (bicyclic) bond motifs is 1. The zero-order valence-corrected chi connectivity index (χ0v) is 10.6. The monoisotopic (exact) mass is 250 g/mol. The number of aliphatic hydroxyl groups excluding tert-OH is 1. The number of nitrogen functional groups attached to an aromatic ring is 1. The number of nitrogens with two attached hydrogens (primary N) is 1. The minimum absolute atomic E-state index is 0.117. The molecule has 98 valence electrons. The van der Waals surface area contributed by atoms with Crippen molar-refractivity contribution < 1.29 is 5.11 Å². The van der Waals surface area contributed by atoms with Gasteiger partial charge in [-0.25, -0.2) is 0 Å². The molecule has 0 amide bonds. The van der Waals surface area contributed by atoms with Gasteiger partial charge in [0.25, 0.3) is 0 Å². The lowest BCUT2D eigenvalue weighted by atomic mass is 9.95. The molecule has 7 nitrogen and oxygen atoms in total. The molecule has 0 fully saturated rings. The molecule has 2 aromatic heterocycles. The van der Waals surface area contributed by atoms with Crippen molar-refractivity contribution in [1.82, 2.24) is 20.2 Å². The molecule has 0 radical (unpaired) electrons. The number of hydrogen-bond donors (Lipinski definition) is 4. The Morgan fingerprint density at radius 1 is 1.50 bits per heavy atom. The van der Waals surface area contributed by atoms with Crippen LogP contribution in [0.4, 0.5) is 11.8 Å². The predicted octanol–water partition coefficient (Wildman–Crippen LogP) is 0.898. The van der Waals surface area contributed by atoms with Crippen molar-refractivity contribution in [3.05, 3.63) is 6.20 Å². The molecule has 2 rings (SSSR count). The maximum atomic E-state index is 9.12. The van der Waals surface area contributed by atoms with Crippen LogP contribution in [0.1, 0.15) is 26.7 Å². The summed E-state index contributed by atoms with van der Waals surface area (Å²) in [5, 5.41) is 19.9. The third-order valence-corrected chi connectivity index (χ3v) is 3.19. The lowest BCUT2D eigenvalue weighted by Crippen LogP contribution is -2.35. The smallest absolute Gasteiger partial charge is 0.224 e. The summed E-state index contributed by atoms with van der Waals surface area (Å²) in [5.41, 5.74) is 6.03. The molecule has 0 aliphatic carbocycles. The summed E-state index contributed by atoms with van der Waals surface area (Å²) < 4.78 is 0. The largest absolute Gasteiger partial charge is 0.396 e. The summed E-state index contributed by atoms with van der Waals surface area (Å²) in [6.45, 7) is 4.21. The average molecular weight is 250 g/mol. The molecule has 0 saturated heterocycles. The van der Waals surface area contributed by atoms with Crippen LogP contribution in [-0.4, -0.2) is 37.4 Å². The molecule has 0 aliphatic heterocycles. The number of aliphatic hydroxyl groups is 1. The number of H-pyrrole nitrogens is 1. The molecule has 0 saturated carbocycles. The maximum Gasteiger partial charge on any atom is 0.224 e. The van der Waals surface area contributed by atoms with Gasteiger partial charge < -0.3 is 16.2 Å².